The SMILES string of the molecule is Nc1ccccc1NC(=O)c1ccc2c(c1)CCC2NC(=O)OCc1ccc(F)cc1. The maximum absolute atomic E-state index is 13.0. The summed E-state index contributed by atoms with van der Waals surface area (Å²) >= 11 is 0. The Morgan fingerprint density at radius 1 is 1.06 bits per heavy atom. The third-order valence-electron chi connectivity index (χ3n) is 5.27. The van der Waals surface area contributed by atoms with E-state index in [1.54, 1.807) is 42.5 Å². The van der Waals surface area contributed by atoms with Crippen LogP contribution < -0.4 is 16.4 Å². The number of hydrogen-bond donors (Lipinski definition) is 3. The molecule has 7 heteroatoms. The van der Waals surface area contributed by atoms with E-state index in [9.17, 15) is 14.0 Å². The molecule has 0 radical (unpaired) electrons. The van der Waals surface area contributed by atoms with Crippen molar-refractivity contribution < 1.29 is 18.7 Å². The molecule has 0 bridgehead atoms. The Morgan fingerprint density at radius 2 is 1.84 bits per heavy atom. The Kier molecular flexibility index (Phi) is 5.84. The maximum Gasteiger partial charge on any atom is 0.407 e. The second-order valence-electron chi connectivity index (χ2n) is 7.39. The fraction of sp³-hybridized carbons (Fsp3) is 0.167. The minimum Gasteiger partial charge on any atom is -0.445 e. The number of nitrogens with two attached hydrogens (primary N) is 1. The van der Waals surface area contributed by atoms with Gasteiger partial charge in [0.2, 0.25) is 0 Å². The van der Waals surface area contributed by atoms with Crippen molar-refractivity contribution in [3.8, 4) is 0 Å². The lowest BCUT2D eigenvalue weighted by molar-refractivity contribution is 0.102. The summed E-state index contributed by atoms with van der Waals surface area (Å²) in [5, 5.41) is 5.68. The Labute approximate surface area is 179 Å². The van der Waals surface area contributed by atoms with Crippen LogP contribution in [0.3, 0.4) is 0 Å². The zero-order valence-corrected chi connectivity index (χ0v) is 16.7. The zero-order valence-electron chi connectivity index (χ0n) is 16.7. The van der Waals surface area contributed by atoms with E-state index >= 15 is 0 Å². The second-order valence-corrected chi connectivity index (χ2v) is 7.39. The van der Waals surface area contributed by atoms with E-state index in [0.29, 0.717) is 22.5 Å². The fourth-order valence-electron chi connectivity index (χ4n) is 3.63. The van der Waals surface area contributed by atoms with Crippen molar-refractivity contribution >= 4 is 23.4 Å². The quantitative estimate of drug-likeness (QED) is 0.528. The van der Waals surface area contributed by atoms with Gasteiger partial charge in [0.15, 0.2) is 0 Å². The van der Waals surface area contributed by atoms with Crippen LogP contribution in [0.5, 0.6) is 0 Å². The number of amides is 2. The molecular formula is C24H22FN3O3. The number of fused-ring (bicyclic) bond motifs is 1. The van der Waals surface area contributed by atoms with Crippen LogP contribution in [0.1, 0.15) is 39.5 Å². The Bertz CT molecular complexity index is 1120. The van der Waals surface area contributed by atoms with E-state index in [4.69, 9.17) is 10.5 Å². The molecule has 3 aromatic rings. The molecule has 4 rings (SSSR count). The fourth-order valence-corrected chi connectivity index (χ4v) is 3.63. The molecule has 31 heavy (non-hydrogen) atoms. The van der Waals surface area contributed by atoms with Gasteiger partial charge in [-0.05, 0) is 65.9 Å². The van der Waals surface area contributed by atoms with Crippen LogP contribution in [0.2, 0.25) is 0 Å². The Hall–Kier alpha value is -3.87. The number of ether oxygens (including phenoxy) is 1. The summed E-state index contributed by atoms with van der Waals surface area (Å²) in [5.41, 5.74) is 10.2. The van der Waals surface area contributed by atoms with Gasteiger partial charge >= 0.3 is 6.09 Å². The lowest BCUT2D eigenvalue weighted by Gasteiger charge is -2.15. The molecule has 0 spiro atoms. The smallest absolute Gasteiger partial charge is 0.407 e. The number of aryl methyl sites for hydroxylation is 1. The number of para-hydroxylation sites is 2. The van der Waals surface area contributed by atoms with Crippen LogP contribution in [0.25, 0.3) is 0 Å². The van der Waals surface area contributed by atoms with Crippen LogP contribution in [0, 0.1) is 5.82 Å². The summed E-state index contributed by atoms with van der Waals surface area (Å²) in [6, 6.07) is 18.1. The first kappa shape index (κ1) is 20.4. The lowest BCUT2D eigenvalue weighted by atomic mass is 10.0. The molecule has 1 aliphatic carbocycles. The van der Waals surface area contributed by atoms with Crippen molar-refractivity contribution in [1.29, 1.82) is 0 Å². The number of hydrogen-bond acceptors (Lipinski definition) is 4. The monoisotopic (exact) mass is 419 g/mol. The maximum atomic E-state index is 13.0. The topological polar surface area (TPSA) is 93.5 Å². The van der Waals surface area contributed by atoms with Gasteiger partial charge in [-0.25, -0.2) is 9.18 Å². The molecule has 0 saturated heterocycles. The third-order valence-corrected chi connectivity index (χ3v) is 5.27. The van der Waals surface area contributed by atoms with Crippen molar-refractivity contribution in [1.82, 2.24) is 5.32 Å². The van der Waals surface area contributed by atoms with E-state index < -0.39 is 6.09 Å². The molecule has 0 saturated carbocycles. The van der Waals surface area contributed by atoms with E-state index in [2.05, 4.69) is 10.6 Å². The molecule has 6 nitrogen and oxygen atoms in total. The molecule has 0 fully saturated rings. The first-order valence-electron chi connectivity index (χ1n) is 9.96. The number of nitrogen functional groups attached to an aromatic ring is 1. The molecule has 0 aliphatic heterocycles. The average molecular weight is 419 g/mol. The van der Waals surface area contributed by atoms with Gasteiger partial charge in [0.25, 0.3) is 5.91 Å². The zero-order chi connectivity index (χ0) is 21.8. The van der Waals surface area contributed by atoms with Crippen LogP contribution in [-0.4, -0.2) is 12.0 Å². The highest BCUT2D eigenvalue weighted by molar-refractivity contribution is 6.05. The minimum atomic E-state index is -0.538. The van der Waals surface area contributed by atoms with E-state index in [1.165, 1.54) is 12.1 Å². The second kappa shape index (κ2) is 8.87. The molecule has 3 aromatic carbocycles. The first-order chi connectivity index (χ1) is 15.0. The van der Waals surface area contributed by atoms with Gasteiger partial charge in [0, 0.05) is 5.56 Å². The number of anilines is 2. The number of carbonyl (C=O) groups excluding carboxylic acids is 2. The average Bonchev–Trinajstić information content (AvgIpc) is 3.17. The van der Waals surface area contributed by atoms with Gasteiger partial charge < -0.3 is 21.1 Å². The highest BCUT2D eigenvalue weighted by Gasteiger charge is 2.25. The van der Waals surface area contributed by atoms with E-state index in [0.717, 1.165) is 24.0 Å². The summed E-state index contributed by atoms with van der Waals surface area (Å²) in [5.74, 6) is -0.577. The van der Waals surface area contributed by atoms with Gasteiger partial charge in [-0.1, -0.05) is 30.3 Å². The van der Waals surface area contributed by atoms with Crippen LogP contribution >= 0.6 is 0 Å². The molecule has 1 unspecified atom stereocenters. The molecule has 4 N–H and O–H groups in total. The molecule has 158 valence electrons. The van der Waals surface area contributed by atoms with Crippen molar-refractivity contribution in [2.45, 2.75) is 25.5 Å². The summed E-state index contributed by atoms with van der Waals surface area (Å²) in [6.45, 7) is 0.0629. The predicted octanol–water partition coefficient (Wildman–Crippen LogP) is 4.57. The van der Waals surface area contributed by atoms with E-state index in [-0.39, 0.29) is 24.4 Å². The number of alkyl carbamates (subject to hydrolysis) is 1. The summed E-state index contributed by atoms with van der Waals surface area (Å²) in [7, 11) is 0. The minimum absolute atomic E-state index is 0.0629. The Morgan fingerprint density at radius 3 is 2.61 bits per heavy atom. The first-order valence-corrected chi connectivity index (χ1v) is 9.96. The molecule has 0 heterocycles. The van der Waals surface area contributed by atoms with Crippen molar-refractivity contribution in [3.63, 3.8) is 0 Å². The predicted molar refractivity (Wildman–Crippen MR) is 116 cm³/mol. The number of benzene rings is 3. The van der Waals surface area contributed by atoms with Crippen LogP contribution in [-0.2, 0) is 17.8 Å². The summed E-state index contributed by atoms with van der Waals surface area (Å²) in [4.78, 5) is 24.8. The Balaban J connectivity index is 1.36. The third kappa shape index (κ3) is 4.83. The highest BCUT2D eigenvalue weighted by Crippen LogP contribution is 2.32. The molecule has 2 amide bonds. The largest absolute Gasteiger partial charge is 0.445 e. The molecule has 1 atom stereocenters. The summed E-state index contributed by atoms with van der Waals surface area (Å²) < 4.78 is 18.2. The number of rotatable bonds is 5. The normalized spacial score (nSPS) is 14.5. The van der Waals surface area contributed by atoms with Gasteiger partial charge in [-0.2, -0.15) is 0 Å². The van der Waals surface area contributed by atoms with Crippen molar-refractivity contribution in [2.75, 3.05) is 11.1 Å². The number of halogens is 1. The van der Waals surface area contributed by atoms with Gasteiger partial charge in [-0.3, -0.25) is 4.79 Å². The molecule has 0 aromatic heterocycles. The standard InChI is InChI=1S/C24H22FN3O3/c25-18-9-5-15(6-10-18)14-31-24(30)28-21-12-8-16-13-17(7-11-19(16)21)23(29)27-22-4-2-1-3-20(22)26/h1-7,9-11,13,21H,8,12,14,26H2,(H,27,29)(H,28,30). The number of nitrogens with one attached hydrogen (secondary N) is 2. The molecular weight excluding hydrogens is 397 g/mol. The molecule has 1 aliphatic rings. The highest BCUT2D eigenvalue weighted by atomic mass is 19.1. The summed E-state index contributed by atoms with van der Waals surface area (Å²) in [6.07, 6.45) is 0.924. The van der Waals surface area contributed by atoms with Crippen LogP contribution in [0.15, 0.2) is 66.7 Å². The van der Waals surface area contributed by atoms with Gasteiger partial charge in [-0.15, -0.1) is 0 Å². The van der Waals surface area contributed by atoms with E-state index in [1.807, 2.05) is 12.1 Å². The van der Waals surface area contributed by atoms with Crippen molar-refractivity contribution in [2.24, 2.45) is 0 Å². The van der Waals surface area contributed by atoms with Crippen LogP contribution in [0.4, 0.5) is 20.6 Å². The van der Waals surface area contributed by atoms with Gasteiger partial charge in [0.05, 0.1) is 17.4 Å². The van der Waals surface area contributed by atoms with Crippen molar-refractivity contribution in [3.05, 3.63) is 94.8 Å². The number of carbonyl (C=O) groups is 2. The van der Waals surface area contributed by atoms with Gasteiger partial charge in [0.1, 0.15) is 12.4 Å². The lowest BCUT2D eigenvalue weighted by Crippen LogP contribution is -2.27.